The Hall–Kier alpha value is -0.980. The van der Waals surface area contributed by atoms with Crippen LogP contribution in [0.25, 0.3) is 0 Å². The van der Waals surface area contributed by atoms with Gasteiger partial charge in [0.15, 0.2) is 0 Å². The lowest BCUT2D eigenvalue weighted by Crippen LogP contribution is -2.37. The smallest absolute Gasteiger partial charge is 0.0342 e. The minimum atomic E-state index is 0.648. The van der Waals surface area contributed by atoms with Crippen LogP contribution in [-0.2, 0) is 6.42 Å². The molecule has 1 aromatic carbocycles. The van der Waals surface area contributed by atoms with Crippen LogP contribution in [0.4, 0.5) is 5.69 Å². The average Bonchev–Trinajstić information content (AvgIpc) is 2.42. The number of nitrogens with one attached hydrogen (secondary N) is 1. The molecule has 106 valence electrons. The largest absolute Gasteiger partial charge is 0.382 e. The van der Waals surface area contributed by atoms with Crippen LogP contribution in [0.2, 0.25) is 0 Å². The van der Waals surface area contributed by atoms with Gasteiger partial charge in [0.05, 0.1) is 0 Å². The summed E-state index contributed by atoms with van der Waals surface area (Å²) in [4.78, 5) is 0. The minimum absolute atomic E-state index is 0.648. The molecule has 0 spiro atoms. The van der Waals surface area contributed by atoms with Gasteiger partial charge in [-0.15, -0.1) is 0 Å². The lowest BCUT2D eigenvalue weighted by Gasteiger charge is -2.36. The number of aryl methyl sites for hydroxylation is 1. The molecule has 1 heteroatoms. The molecule has 0 aromatic heterocycles. The molecule has 0 aliphatic heterocycles. The molecule has 1 aromatic rings. The van der Waals surface area contributed by atoms with Gasteiger partial charge in [-0.05, 0) is 55.2 Å². The van der Waals surface area contributed by atoms with Crippen molar-refractivity contribution in [1.82, 2.24) is 0 Å². The second-order valence-electron chi connectivity index (χ2n) is 6.36. The molecule has 2 atom stereocenters. The van der Waals surface area contributed by atoms with Crippen LogP contribution in [0.1, 0.15) is 58.4 Å². The molecule has 1 N–H and O–H groups in total. The zero-order valence-corrected chi connectivity index (χ0v) is 12.8. The first kappa shape index (κ1) is 14.4. The van der Waals surface area contributed by atoms with Gasteiger partial charge in [-0.1, -0.05) is 45.7 Å². The molecule has 1 aliphatic carbocycles. The Kier molecular flexibility index (Phi) is 5.30. The maximum atomic E-state index is 3.76. The normalized spacial score (nSPS) is 27.2. The number of benzene rings is 1. The van der Waals surface area contributed by atoms with Crippen molar-refractivity contribution in [3.63, 3.8) is 0 Å². The highest BCUT2D eigenvalue weighted by Gasteiger charge is 2.27. The zero-order chi connectivity index (χ0) is 13.7. The number of hydrogen-bond acceptors (Lipinski definition) is 1. The summed E-state index contributed by atoms with van der Waals surface area (Å²) in [6.45, 7) is 7.04. The minimum Gasteiger partial charge on any atom is -0.382 e. The summed E-state index contributed by atoms with van der Waals surface area (Å²) in [6.07, 6.45) is 7.93. The Morgan fingerprint density at radius 3 is 2.26 bits per heavy atom. The molecular formula is C18H29N. The van der Waals surface area contributed by atoms with E-state index in [1.165, 1.54) is 49.8 Å². The van der Waals surface area contributed by atoms with Gasteiger partial charge in [0.1, 0.15) is 0 Å². The van der Waals surface area contributed by atoms with Crippen LogP contribution in [0.5, 0.6) is 0 Å². The molecule has 1 nitrogen and oxygen atoms in total. The fourth-order valence-corrected chi connectivity index (χ4v) is 3.31. The molecule has 1 aliphatic rings. The van der Waals surface area contributed by atoms with E-state index >= 15 is 0 Å². The van der Waals surface area contributed by atoms with E-state index in [4.69, 9.17) is 0 Å². The van der Waals surface area contributed by atoms with E-state index in [1.54, 1.807) is 0 Å². The van der Waals surface area contributed by atoms with Gasteiger partial charge in [0.2, 0.25) is 0 Å². The van der Waals surface area contributed by atoms with Gasteiger partial charge in [0.25, 0.3) is 0 Å². The highest BCUT2D eigenvalue weighted by atomic mass is 14.9. The fourth-order valence-electron chi connectivity index (χ4n) is 3.31. The summed E-state index contributed by atoms with van der Waals surface area (Å²) in [5.41, 5.74) is 2.77. The van der Waals surface area contributed by atoms with Crippen LogP contribution in [0.15, 0.2) is 24.3 Å². The predicted octanol–water partition coefficient (Wildman–Crippen LogP) is 5.27. The van der Waals surface area contributed by atoms with Crippen molar-refractivity contribution in [3.8, 4) is 0 Å². The molecule has 0 bridgehead atoms. The van der Waals surface area contributed by atoms with Crippen LogP contribution in [0.3, 0.4) is 0 Å². The second kappa shape index (κ2) is 6.98. The van der Waals surface area contributed by atoms with Crippen molar-refractivity contribution in [2.24, 2.45) is 11.8 Å². The topological polar surface area (TPSA) is 12.0 Å². The first-order chi connectivity index (χ1) is 9.20. The Bertz CT molecular complexity index is 358. The number of unbranched alkanes of at least 4 members (excludes halogenated alkanes) is 1. The average molecular weight is 259 g/mol. The summed E-state index contributed by atoms with van der Waals surface area (Å²) < 4.78 is 0. The van der Waals surface area contributed by atoms with E-state index < -0.39 is 0 Å². The molecule has 2 rings (SSSR count). The Labute approximate surface area is 118 Å². The Morgan fingerprint density at radius 1 is 1.05 bits per heavy atom. The summed E-state index contributed by atoms with van der Waals surface area (Å²) in [5, 5.41) is 3.76. The summed E-state index contributed by atoms with van der Waals surface area (Å²) >= 11 is 0. The van der Waals surface area contributed by atoms with Gasteiger partial charge in [-0.2, -0.15) is 0 Å². The third-order valence-electron chi connectivity index (χ3n) is 4.65. The maximum absolute atomic E-state index is 3.76. The number of rotatable bonds is 5. The molecule has 0 saturated heterocycles. The SMILES string of the molecule is CCCCc1ccc(NC2C(C)CCCC2C)cc1. The summed E-state index contributed by atoms with van der Waals surface area (Å²) in [5.74, 6) is 1.59. The van der Waals surface area contributed by atoms with E-state index in [2.05, 4.69) is 50.4 Å². The van der Waals surface area contributed by atoms with Crippen LogP contribution >= 0.6 is 0 Å². The van der Waals surface area contributed by atoms with E-state index in [0.717, 1.165) is 11.8 Å². The maximum Gasteiger partial charge on any atom is 0.0342 e. The van der Waals surface area contributed by atoms with Crippen molar-refractivity contribution in [2.45, 2.75) is 65.3 Å². The first-order valence-corrected chi connectivity index (χ1v) is 8.06. The van der Waals surface area contributed by atoms with Crippen LogP contribution in [-0.4, -0.2) is 6.04 Å². The third-order valence-corrected chi connectivity index (χ3v) is 4.65. The zero-order valence-electron chi connectivity index (χ0n) is 12.8. The molecule has 0 heterocycles. The monoisotopic (exact) mass is 259 g/mol. The molecular weight excluding hydrogens is 230 g/mol. The van der Waals surface area contributed by atoms with Gasteiger partial charge in [0, 0.05) is 11.7 Å². The highest BCUT2D eigenvalue weighted by molar-refractivity contribution is 5.45. The van der Waals surface area contributed by atoms with Crippen LogP contribution in [0, 0.1) is 11.8 Å². The van der Waals surface area contributed by atoms with Crippen molar-refractivity contribution in [1.29, 1.82) is 0 Å². The fraction of sp³-hybridized carbons (Fsp3) is 0.667. The van der Waals surface area contributed by atoms with Crippen LogP contribution < -0.4 is 5.32 Å². The Morgan fingerprint density at radius 2 is 1.68 bits per heavy atom. The van der Waals surface area contributed by atoms with E-state index in [0.29, 0.717) is 6.04 Å². The van der Waals surface area contributed by atoms with Crippen molar-refractivity contribution >= 4 is 5.69 Å². The van der Waals surface area contributed by atoms with Crippen molar-refractivity contribution in [3.05, 3.63) is 29.8 Å². The molecule has 0 amide bonds. The summed E-state index contributed by atoms with van der Waals surface area (Å²) in [7, 11) is 0. The molecule has 1 fully saturated rings. The third kappa shape index (κ3) is 3.99. The van der Waals surface area contributed by atoms with Crippen molar-refractivity contribution < 1.29 is 0 Å². The van der Waals surface area contributed by atoms with E-state index in [9.17, 15) is 0 Å². The molecule has 19 heavy (non-hydrogen) atoms. The van der Waals surface area contributed by atoms with Gasteiger partial charge >= 0.3 is 0 Å². The van der Waals surface area contributed by atoms with E-state index in [1.807, 2.05) is 0 Å². The highest BCUT2D eigenvalue weighted by Crippen LogP contribution is 2.31. The predicted molar refractivity (Wildman–Crippen MR) is 84.6 cm³/mol. The Balaban J connectivity index is 1.94. The van der Waals surface area contributed by atoms with Gasteiger partial charge < -0.3 is 5.32 Å². The first-order valence-electron chi connectivity index (χ1n) is 8.06. The quantitative estimate of drug-likeness (QED) is 0.760. The van der Waals surface area contributed by atoms with Gasteiger partial charge in [-0.3, -0.25) is 0 Å². The lowest BCUT2D eigenvalue weighted by atomic mass is 9.78. The lowest BCUT2D eigenvalue weighted by molar-refractivity contribution is 0.268. The van der Waals surface area contributed by atoms with Gasteiger partial charge in [-0.25, -0.2) is 0 Å². The number of anilines is 1. The molecule has 1 saturated carbocycles. The number of hydrogen-bond donors (Lipinski definition) is 1. The standard InChI is InChI=1S/C18H29N/c1-4-5-9-16-10-12-17(13-11-16)19-18-14(2)7-6-8-15(18)3/h10-15,18-19H,4-9H2,1-3H3. The van der Waals surface area contributed by atoms with E-state index in [-0.39, 0.29) is 0 Å². The second-order valence-corrected chi connectivity index (χ2v) is 6.36. The molecule has 2 unspecified atom stereocenters. The molecule has 0 radical (unpaired) electrons. The van der Waals surface area contributed by atoms with Crippen molar-refractivity contribution in [2.75, 3.05) is 5.32 Å². The summed E-state index contributed by atoms with van der Waals surface area (Å²) in [6, 6.07) is 9.75.